The summed E-state index contributed by atoms with van der Waals surface area (Å²) in [6.07, 6.45) is 8.94. The van der Waals surface area contributed by atoms with Crippen molar-refractivity contribution < 1.29 is 0 Å². The maximum absolute atomic E-state index is 4.25. The van der Waals surface area contributed by atoms with Crippen molar-refractivity contribution in [1.29, 1.82) is 0 Å². The van der Waals surface area contributed by atoms with Gasteiger partial charge in [-0.1, -0.05) is 12.2 Å². The van der Waals surface area contributed by atoms with E-state index in [0.29, 0.717) is 0 Å². The van der Waals surface area contributed by atoms with Crippen LogP contribution in [0.25, 0.3) is 0 Å². The quantitative estimate of drug-likeness (QED) is 0.606. The zero-order valence-corrected chi connectivity index (χ0v) is 9.95. The lowest BCUT2D eigenvalue weighted by Crippen LogP contribution is -2.20. The van der Waals surface area contributed by atoms with Crippen LogP contribution in [0.3, 0.4) is 0 Å². The van der Waals surface area contributed by atoms with E-state index in [4.69, 9.17) is 0 Å². The van der Waals surface area contributed by atoms with Gasteiger partial charge in [-0.25, -0.2) is 0 Å². The highest BCUT2D eigenvalue weighted by Crippen LogP contribution is 2.13. The molecule has 0 atom stereocenters. The maximum Gasteiger partial charge on any atom is 0.147 e. The first kappa shape index (κ1) is 11.3. The van der Waals surface area contributed by atoms with Crippen LogP contribution in [0.15, 0.2) is 12.2 Å². The Balaban J connectivity index is 1.83. The summed E-state index contributed by atoms with van der Waals surface area (Å²) in [5, 5.41) is 11.9. The molecule has 2 heterocycles. The van der Waals surface area contributed by atoms with Crippen molar-refractivity contribution in [3.05, 3.63) is 23.8 Å². The lowest BCUT2D eigenvalue weighted by molar-refractivity contribution is 0.498. The molecule has 0 amide bonds. The number of rotatable bonds is 5. The molecule has 0 unspecified atom stereocenters. The van der Waals surface area contributed by atoms with Gasteiger partial charge in [0.2, 0.25) is 0 Å². The van der Waals surface area contributed by atoms with Crippen LogP contribution in [0.5, 0.6) is 0 Å². The number of allylic oxidation sites excluding steroid dienone is 1. The number of aromatic nitrogens is 3. The minimum atomic E-state index is 0.838. The van der Waals surface area contributed by atoms with Crippen molar-refractivity contribution in [2.45, 2.75) is 45.7 Å². The van der Waals surface area contributed by atoms with Crippen molar-refractivity contribution >= 4 is 0 Å². The molecule has 4 heteroatoms. The Bertz CT molecular complexity index is 354. The molecule has 4 nitrogen and oxygen atoms in total. The summed E-state index contributed by atoms with van der Waals surface area (Å²) >= 11 is 0. The average molecular weight is 220 g/mol. The first-order valence-electron chi connectivity index (χ1n) is 6.14. The summed E-state index contributed by atoms with van der Waals surface area (Å²) in [7, 11) is 0. The largest absolute Gasteiger partial charge is 0.314 e. The second-order valence-corrected chi connectivity index (χ2v) is 4.18. The Morgan fingerprint density at radius 3 is 3.19 bits per heavy atom. The molecule has 88 valence electrons. The highest BCUT2D eigenvalue weighted by atomic mass is 15.3. The predicted octanol–water partition coefficient (Wildman–Crippen LogP) is 1.67. The maximum atomic E-state index is 4.25. The van der Waals surface area contributed by atoms with Gasteiger partial charge in [0.25, 0.3) is 0 Å². The molecule has 0 aromatic carbocycles. The summed E-state index contributed by atoms with van der Waals surface area (Å²) in [6.45, 7) is 4.99. The first-order valence-corrected chi connectivity index (χ1v) is 6.14. The van der Waals surface area contributed by atoms with Crippen molar-refractivity contribution in [1.82, 2.24) is 20.1 Å². The number of aryl methyl sites for hydroxylation is 1. The van der Waals surface area contributed by atoms with E-state index in [1.165, 1.54) is 12.8 Å². The zero-order valence-electron chi connectivity index (χ0n) is 9.95. The molecule has 0 aliphatic carbocycles. The third-order valence-corrected chi connectivity index (χ3v) is 2.94. The summed E-state index contributed by atoms with van der Waals surface area (Å²) in [5.41, 5.74) is 0. The van der Waals surface area contributed by atoms with Gasteiger partial charge in [-0.15, -0.1) is 10.2 Å². The van der Waals surface area contributed by atoms with Crippen LogP contribution >= 0.6 is 0 Å². The van der Waals surface area contributed by atoms with Crippen molar-refractivity contribution in [2.24, 2.45) is 0 Å². The SMILES string of the molecule is C/C=C/CCNCc1nnc2n1CCCC2. The lowest BCUT2D eigenvalue weighted by atomic mass is 10.2. The van der Waals surface area contributed by atoms with E-state index in [1.54, 1.807) is 0 Å². The molecular weight excluding hydrogens is 200 g/mol. The first-order chi connectivity index (χ1) is 7.92. The van der Waals surface area contributed by atoms with Gasteiger partial charge in [-0.3, -0.25) is 0 Å². The zero-order chi connectivity index (χ0) is 11.2. The van der Waals surface area contributed by atoms with Crippen LogP contribution < -0.4 is 5.32 Å². The second kappa shape index (κ2) is 5.80. The smallest absolute Gasteiger partial charge is 0.147 e. The Morgan fingerprint density at radius 1 is 1.38 bits per heavy atom. The number of hydrogen-bond acceptors (Lipinski definition) is 3. The topological polar surface area (TPSA) is 42.7 Å². The van der Waals surface area contributed by atoms with Gasteiger partial charge in [-0.05, 0) is 32.7 Å². The Morgan fingerprint density at radius 2 is 2.31 bits per heavy atom. The second-order valence-electron chi connectivity index (χ2n) is 4.18. The normalized spacial score (nSPS) is 15.6. The molecule has 1 aliphatic rings. The molecule has 0 saturated carbocycles. The Labute approximate surface area is 96.8 Å². The fourth-order valence-corrected chi connectivity index (χ4v) is 2.05. The predicted molar refractivity (Wildman–Crippen MR) is 64.1 cm³/mol. The fourth-order valence-electron chi connectivity index (χ4n) is 2.05. The lowest BCUT2D eigenvalue weighted by Gasteiger charge is -2.14. The third-order valence-electron chi connectivity index (χ3n) is 2.94. The highest BCUT2D eigenvalue weighted by molar-refractivity contribution is 4.98. The van der Waals surface area contributed by atoms with E-state index >= 15 is 0 Å². The van der Waals surface area contributed by atoms with Crippen LogP contribution in [0.2, 0.25) is 0 Å². The van der Waals surface area contributed by atoms with Gasteiger partial charge in [0.15, 0.2) is 0 Å². The van der Waals surface area contributed by atoms with Crippen LogP contribution in [0.4, 0.5) is 0 Å². The molecule has 1 aromatic rings. The summed E-state index contributed by atoms with van der Waals surface area (Å²) < 4.78 is 2.27. The van der Waals surface area contributed by atoms with E-state index in [1.807, 2.05) is 0 Å². The van der Waals surface area contributed by atoms with E-state index in [0.717, 1.165) is 44.1 Å². The number of hydrogen-bond donors (Lipinski definition) is 1. The fraction of sp³-hybridized carbons (Fsp3) is 0.667. The average Bonchev–Trinajstić information content (AvgIpc) is 2.73. The number of nitrogens with one attached hydrogen (secondary N) is 1. The highest BCUT2D eigenvalue weighted by Gasteiger charge is 2.14. The Kier molecular flexibility index (Phi) is 4.10. The van der Waals surface area contributed by atoms with E-state index in [9.17, 15) is 0 Å². The monoisotopic (exact) mass is 220 g/mol. The number of fused-ring (bicyclic) bond motifs is 1. The van der Waals surface area contributed by atoms with Crippen LogP contribution in [0.1, 0.15) is 37.8 Å². The molecule has 1 aliphatic heterocycles. The molecule has 16 heavy (non-hydrogen) atoms. The van der Waals surface area contributed by atoms with Gasteiger partial charge < -0.3 is 9.88 Å². The molecule has 2 rings (SSSR count). The molecule has 1 aromatic heterocycles. The molecule has 0 spiro atoms. The molecular formula is C12H20N4. The minimum Gasteiger partial charge on any atom is -0.314 e. The van der Waals surface area contributed by atoms with Crippen molar-refractivity contribution in [2.75, 3.05) is 6.54 Å². The van der Waals surface area contributed by atoms with E-state index in [2.05, 4.69) is 39.2 Å². The minimum absolute atomic E-state index is 0.838. The van der Waals surface area contributed by atoms with Gasteiger partial charge in [0.05, 0.1) is 6.54 Å². The molecule has 0 fully saturated rings. The standard InChI is InChI=1S/C12H20N4/c1-2-3-5-8-13-10-12-15-14-11-7-4-6-9-16(11)12/h2-3,13H,4-10H2,1H3/b3-2+. The van der Waals surface area contributed by atoms with Gasteiger partial charge in [0, 0.05) is 13.0 Å². The third kappa shape index (κ3) is 2.70. The molecule has 0 bridgehead atoms. The molecule has 0 radical (unpaired) electrons. The van der Waals surface area contributed by atoms with Gasteiger partial charge in [0.1, 0.15) is 11.6 Å². The van der Waals surface area contributed by atoms with Crippen LogP contribution in [0, 0.1) is 0 Å². The summed E-state index contributed by atoms with van der Waals surface area (Å²) in [6, 6.07) is 0. The van der Waals surface area contributed by atoms with Crippen molar-refractivity contribution in [3.8, 4) is 0 Å². The van der Waals surface area contributed by atoms with Gasteiger partial charge >= 0.3 is 0 Å². The van der Waals surface area contributed by atoms with Crippen molar-refractivity contribution in [3.63, 3.8) is 0 Å². The van der Waals surface area contributed by atoms with E-state index in [-0.39, 0.29) is 0 Å². The summed E-state index contributed by atoms with van der Waals surface area (Å²) in [5.74, 6) is 2.26. The Hall–Kier alpha value is -1.16. The summed E-state index contributed by atoms with van der Waals surface area (Å²) in [4.78, 5) is 0. The van der Waals surface area contributed by atoms with E-state index < -0.39 is 0 Å². The van der Waals surface area contributed by atoms with Gasteiger partial charge in [-0.2, -0.15) is 0 Å². The number of nitrogens with zero attached hydrogens (tertiary/aromatic N) is 3. The molecule has 1 N–H and O–H groups in total. The van der Waals surface area contributed by atoms with Crippen LogP contribution in [-0.2, 0) is 19.5 Å². The molecule has 0 saturated heterocycles. The van der Waals surface area contributed by atoms with Crippen LogP contribution in [-0.4, -0.2) is 21.3 Å².